The van der Waals surface area contributed by atoms with Crippen molar-refractivity contribution in [3.63, 3.8) is 0 Å². The number of nitrogens with zero attached hydrogens (tertiary/aromatic N) is 3. The first-order valence-electron chi connectivity index (χ1n) is 12.5. The van der Waals surface area contributed by atoms with Crippen molar-refractivity contribution in [1.29, 1.82) is 0 Å². The Labute approximate surface area is 224 Å². The van der Waals surface area contributed by atoms with Gasteiger partial charge >= 0.3 is 5.97 Å². The second kappa shape index (κ2) is 9.84. The quantitative estimate of drug-likeness (QED) is 0.273. The normalized spacial score (nSPS) is 16.6. The van der Waals surface area contributed by atoms with Crippen LogP contribution in [0.4, 0.5) is 5.69 Å². The second-order valence-corrected chi connectivity index (χ2v) is 10.6. The van der Waals surface area contributed by atoms with Crippen molar-refractivity contribution in [2.24, 2.45) is 5.92 Å². The van der Waals surface area contributed by atoms with Crippen LogP contribution in [-0.4, -0.2) is 34.3 Å². The number of pyridine rings is 1. The molecule has 0 amide bonds. The molecule has 0 radical (unpaired) electrons. The molecular formula is C29H25Cl2N3O3. The average molecular weight is 534 g/mol. The smallest absolute Gasteiger partial charge is 0.354 e. The maximum atomic E-state index is 11.2. The summed E-state index contributed by atoms with van der Waals surface area (Å²) >= 11 is 13.0. The predicted octanol–water partition coefficient (Wildman–Crippen LogP) is 7.70. The minimum absolute atomic E-state index is 0.0606. The van der Waals surface area contributed by atoms with Crippen molar-refractivity contribution in [3.8, 4) is 11.3 Å². The van der Waals surface area contributed by atoms with Crippen LogP contribution in [0.15, 0.2) is 59.3 Å². The summed E-state index contributed by atoms with van der Waals surface area (Å²) in [6.07, 6.45) is 10.3. The van der Waals surface area contributed by atoms with Gasteiger partial charge in [-0.2, -0.15) is 0 Å². The van der Waals surface area contributed by atoms with Crippen LogP contribution < -0.4 is 4.90 Å². The molecular weight excluding hydrogens is 509 g/mol. The molecule has 6 rings (SSSR count). The minimum Gasteiger partial charge on any atom is -0.477 e. The lowest BCUT2D eigenvalue weighted by Crippen LogP contribution is -2.33. The monoisotopic (exact) mass is 533 g/mol. The Morgan fingerprint density at radius 3 is 2.49 bits per heavy atom. The molecule has 188 valence electrons. The zero-order valence-electron chi connectivity index (χ0n) is 20.0. The fraction of sp³-hybridized carbons (Fsp3) is 0.276. The number of hydrogen-bond donors (Lipinski definition) is 1. The van der Waals surface area contributed by atoms with Crippen LogP contribution in [0.3, 0.4) is 0 Å². The third-order valence-electron chi connectivity index (χ3n) is 7.27. The van der Waals surface area contributed by atoms with E-state index in [-0.39, 0.29) is 5.69 Å². The maximum absolute atomic E-state index is 11.2. The summed E-state index contributed by atoms with van der Waals surface area (Å²) in [6.45, 7) is 1.87. The third-order valence-corrected chi connectivity index (χ3v) is 7.90. The summed E-state index contributed by atoms with van der Waals surface area (Å²) in [5, 5.41) is 16.5. The molecule has 8 heteroatoms. The van der Waals surface area contributed by atoms with Gasteiger partial charge < -0.3 is 14.5 Å². The number of benzene rings is 2. The molecule has 2 aromatic heterocycles. The number of carbonyl (C=O) groups is 1. The number of anilines is 1. The molecule has 1 aliphatic heterocycles. The van der Waals surface area contributed by atoms with Gasteiger partial charge in [0.2, 0.25) is 0 Å². The first kappa shape index (κ1) is 24.0. The highest BCUT2D eigenvalue weighted by molar-refractivity contribution is 6.39. The lowest BCUT2D eigenvalue weighted by Gasteiger charge is -2.32. The molecule has 37 heavy (non-hydrogen) atoms. The number of allylic oxidation sites excluding steroid dienone is 1. The van der Waals surface area contributed by atoms with Crippen molar-refractivity contribution in [2.75, 3.05) is 18.0 Å². The van der Waals surface area contributed by atoms with Gasteiger partial charge in [0.1, 0.15) is 17.1 Å². The standard InChI is InChI=1S/C29H25Cl2N3O3/c30-23-2-1-3-24(31)26(23)27-22(28(37-33-27)18-5-6-18)9-4-17-10-12-34(13-11-17)21-8-7-19-15-25(29(35)36)32-16-20(19)14-21/h1-4,7-9,14-18H,5-6,10-13H2,(H,35,36)/b9-4+. The maximum Gasteiger partial charge on any atom is 0.354 e. The molecule has 0 spiro atoms. The number of carboxylic acids is 1. The fourth-order valence-electron chi connectivity index (χ4n) is 5.04. The zero-order chi connectivity index (χ0) is 25.5. The van der Waals surface area contributed by atoms with Gasteiger partial charge in [0, 0.05) is 47.4 Å². The number of rotatable bonds is 6. The van der Waals surface area contributed by atoms with Gasteiger partial charge in [-0.05, 0) is 67.3 Å². The van der Waals surface area contributed by atoms with Crippen LogP contribution in [0.25, 0.3) is 28.1 Å². The summed E-state index contributed by atoms with van der Waals surface area (Å²) in [5.41, 5.74) is 3.61. The van der Waals surface area contributed by atoms with Gasteiger partial charge in [-0.25, -0.2) is 9.78 Å². The van der Waals surface area contributed by atoms with E-state index in [1.54, 1.807) is 12.3 Å². The zero-order valence-corrected chi connectivity index (χ0v) is 21.5. The van der Waals surface area contributed by atoms with Crippen molar-refractivity contribution in [2.45, 2.75) is 31.6 Å². The van der Waals surface area contributed by atoms with Crippen LogP contribution >= 0.6 is 23.2 Å². The van der Waals surface area contributed by atoms with Crippen LogP contribution in [0.1, 0.15) is 53.4 Å². The van der Waals surface area contributed by atoms with E-state index in [2.05, 4.69) is 39.3 Å². The molecule has 0 bridgehead atoms. The Morgan fingerprint density at radius 1 is 1.03 bits per heavy atom. The van der Waals surface area contributed by atoms with Crippen LogP contribution in [0.5, 0.6) is 0 Å². The van der Waals surface area contributed by atoms with E-state index < -0.39 is 5.97 Å². The van der Waals surface area contributed by atoms with Gasteiger partial charge in [-0.15, -0.1) is 0 Å². The van der Waals surface area contributed by atoms with Crippen LogP contribution in [-0.2, 0) is 0 Å². The van der Waals surface area contributed by atoms with Crippen molar-refractivity contribution in [1.82, 2.24) is 10.1 Å². The molecule has 6 nitrogen and oxygen atoms in total. The second-order valence-electron chi connectivity index (χ2n) is 9.77. The highest BCUT2D eigenvalue weighted by atomic mass is 35.5. The lowest BCUT2D eigenvalue weighted by atomic mass is 9.94. The van der Waals surface area contributed by atoms with Gasteiger partial charge in [0.05, 0.1) is 10.0 Å². The van der Waals surface area contributed by atoms with E-state index in [9.17, 15) is 9.90 Å². The number of carboxylic acid groups (broad SMARTS) is 1. The number of piperidine rings is 1. The molecule has 1 N–H and O–H groups in total. The Bertz CT molecular complexity index is 1500. The van der Waals surface area contributed by atoms with Gasteiger partial charge in [0.15, 0.2) is 0 Å². The summed E-state index contributed by atoms with van der Waals surface area (Å²) in [7, 11) is 0. The first-order chi connectivity index (χ1) is 18.0. The molecule has 2 aliphatic rings. The average Bonchev–Trinajstić information content (AvgIpc) is 3.67. The Morgan fingerprint density at radius 2 is 1.78 bits per heavy atom. The summed E-state index contributed by atoms with van der Waals surface area (Å²) in [5.74, 6) is 0.764. The fourth-order valence-corrected chi connectivity index (χ4v) is 5.62. The number of aromatic carboxylic acids is 1. The summed E-state index contributed by atoms with van der Waals surface area (Å²) in [6, 6.07) is 13.2. The molecule has 2 aromatic carbocycles. The lowest BCUT2D eigenvalue weighted by molar-refractivity contribution is 0.0690. The number of hydrogen-bond acceptors (Lipinski definition) is 5. The Balaban J connectivity index is 1.18. The largest absolute Gasteiger partial charge is 0.477 e. The van der Waals surface area contributed by atoms with Gasteiger partial charge in [0.25, 0.3) is 0 Å². The predicted molar refractivity (Wildman–Crippen MR) is 147 cm³/mol. The summed E-state index contributed by atoms with van der Waals surface area (Å²) < 4.78 is 5.79. The topological polar surface area (TPSA) is 79.5 Å². The minimum atomic E-state index is -1.02. The van der Waals surface area contributed by atoms with E-state index in [0.717, 1.165) is 72.1 Å². The van der Waals surface area contributed by atoms with Gasteiger partial charge in [-0.1, -0.05) is 52.6 Å². The molecule has 4 aromatic rings. The summed E-state index contributed by atoms with van der Waals surface area (Å²) in [4.78, 5) is 17.6. The molecule has 1 saturated heterocycles. The Kier molecular flexibility index (Phi) is 6.39. The first-order valence-corrected chi connectivity index (χ1v) is 13.2. The van der Waals surface area contributed by atoms with Crippen molar-refractivity contribution >= 4 is 51.7 Å². The van der Waals surface area contributed by atoms with E-state index in [4.69, 9.17) is 27.7 Å². The van der Waals surface area contributed by atoms with Crippen LogP contribution in [0, 0.1) is 5.92 Å². The van der Waals surface area contributed by atoms with E-state index >= 15 is 0 Å². The number of aromatic nitrogens is 2. The number of fused-ring (bicyclic) bond motifs is 1. The molecule has 0 unspecified atom stereocenters. The van der Waals surface area contributed by atoms with Gasteiger partial charge in [-0.3, -0.25) is 0 Å². The van der Waals surface area contributed by atoms with Crippen LogP contribution in [0.2, 0.25) is 10.0 Å². The Hall–Kier alpha value is -3.35. The number of halogens is 2. The third kappa shape index (κ3) is 4.83. The van der Waals surface area contributed by atoms with E-state index in [0.29, 0.717) is 27.6 Å². The molecule has 2 fully saturated rings. The van der Waals surface area contributed by atoms with E-state index in [1.165, 1.54) is 0 Å². The van der Waals surface area contributed by atoms with E-state index in [1.807, 2.05) is 24.3 Å². The SMILES string of the molecule is O=C(O)c1cc2ccc(N3CCC(/C=C/c4c(-c5c(Cl)cccc5Cl)noc4C4CC4)CC3)cc2cn1. The molecule has 1 aliphatic carbocycles. The molecule has 1 saturated carbocycles. The molecule has 0 atom stereocenters. The van der Waals surface area contributed by atoms with Crippen molar-refractivity contribution in [3.05, 3.63) is 81.8 Å². The highest BCUT2D eigenvalue weighted by Crippen LogP contribution is 2.46. The molecule has 3 heterocycles. The highest BCUT2D eigenvalue weighted by Gasteiger charge is 2.32. The van der Waals surface area contributed by atoms with Crippen molar-refractivity contribution < 1.29 is 14.4 Å².